The summed E-state index contributed by atoms with van der Waals surface area (Å²) >= 11 is 0. The van der Waals surface area contributed by atoms with Gasteiger partial charge in [0.15, 0.2) is 0 Å². The van der Waals surface area contributed by atoms with Crippen molar-refractivity contribution in [3.8, 4) is 11.1 Å². The first-order valence-electron chi connectivity index (χ1n) is 7.52. The second kappa shape index (κ2) is 6.51. The monoisotopic (exact) mass is 344 g/mol. The van der Waals surface area contributed by atoms with Crippen LogP contribution in [0.2, 0.25) is 0 Å². The highest BCUT2D eigenvalue weighted by molar-refractivity contribution is 5.70. The number of aryl methyl sites for hydroxylation is 2. The van der Waals surface area contributed by atoms with Crippen LogP contribution in [0.25, 0.3) is 11.1 Å². The average molecular weight is 344 g/mol. The van der Waals surface area contributed by atoms with Gasteiger partial charge in [-0.15, -0.1) is 0 Å². The number of alkyl halides is 3. The van der Waals surface area contributed by atoms with Crippen LogP contribution in [0.4, 0.5) is 24.8 Å². The number of hydrogen-bond donors (Lipinski definition) is 1. The summed E-state index contributed by atoms with van der Waals surface area (Å²) in [6, 6.07) is 8.45. The number of nitrogens with one attached hydrogen (secondary N) is 1. The van der Waals surface area contributed by atoms with Crippen molar-refractivity contribution in [3.63, 3.8) is 0 Å². The number of pyridine rings is 1. The Bertz CT molecular complexity index is 907. The molecular weight excluding hydrogens is 329 g/mol. The van der Waals surface area contributed by atoms with Crippen LogP contribution in [0.5, 0.6) is 0 Å². The molecule has 0 aliphatic rings. The second-order valence-electron chi connectivity index (χ2n) is 5.73. The van der Waals surface area contributed by atoms with Crippen molar-refractivity contribution >= 4 is 11.6 Å². The van der Waals surface area contributed by atoms with Crippen LogP contribution >= 0.6 is 0 Å². The summed E-state index contributed by atoms with van der Waals surface area (Å²) in [7, 11) is 0. The van der Waals surface area contributed by atoms with Crippen molar-refractivity contribution in [2.24, 2.45) is 0 Å². The van der Waals surface area contributed by atoms with Crippen molar-refractivity contribution in [3.05, 3.63) is 65.7 Å². The predicted molar refractivity (Wildman–Crippen MR) is 89.5 cm³/mol. The van der Waals surface area contributed by atoms with Gasteiger partial charge >= 0.3 is 6.18 Å². The van der Waals surface area contributed by atoms with E-state index < -0.39 is 11.9 Å². The van der Waals surface area contributed by atoms with E-state index in [-0.39, 0.29) is 5.95 Å². The molecule has 0 amide bonds. The summed E-state index contributed by atoms with van der Waals surface area (Å²) < 4.78 is 38.3. The van der Waals surface area contributed by atoms with Crippen molar-refractivity contribution in [1.82, 2.24) is 15.0 Å². The van der Waals surface area contributed by atoms with Crippen LogP contribution in [0.3, 0.4) is 0 Å². The van der Waals surface area contributed by atoms with Gasteiger partial charge in [0, 0.05) is 29.8 Å². The number of benzene rings is 1. The molecule has 0 saturated heterocycles. The topological polar surface area (TPSA) is 50.7 Å². The maximum Gasteiger partial charge on any atom is 0.433 e. The maximum atomic E-state index is 12.8. The number of anilines is 2. The first-order valence-corrected chi connectivity index (χ1v) is 7.52. The number of rotatable bonds is 3. The number of halogens is 3. The molecule has 0 aliphatic heterocycles. The Kier molecular flexibility index (Phi) is 4.39. The zero-order valence-electron chi connectivity index (χ0n) is 13.6. The van der Waals surface area contributed by atoms with E-state index in [2.05, 4.69) is 20.3 Å². The number of aromatic nitrogens is 3. The molecule has 3 aromatic rings. The van der Waals surface area contributed by atoms with Crippen LogP contribution in [-0.4, -0.2) is 15.0 Å². The Morgan fingerprint density at radius 2 is 1.68 bits per heavy atom. The molecule has 1 aromatic carbocycles. The molecule has 3 rings (SSSR count). The Labute approximate surface area is 142 Å². The number of hydrogen-bond acceptors (Lipinski definition) is 4. The molecule has 1 N–H and O–H groups in total. The summed E-state index contributed by atoms with van der Waals surface area (Å²) in [5.41, 5.74) is 3.43. The SMILES string of the molecule is Cc1cncc(-c2cc(C)cc(Nc3nccc(C(F)(F)F)n3)c2)c1. The smallest absolute Gasteiger partial charge is 0.324 e. The molecule has 0 bridgehead atoms. The maximum absolute atomic E-state index is 12.8. The van der Waals surface area contributed by atoms with Gasteiger partial charge in [-0.1, -0.05) is 6.07 Å². The minimum absolute atomic E-state index is 0.103. The van der Waals surface area contributed by atoms with Crippen LogP contribution in [0, 0.1) is 13.8 Å². The van der Waals surface area contributed by atoms with Gasteiger partial charge in [-0.05, 0) is 54.8 Å². The molecule has 0 fully saturated rings. The lowest BCUT2D eigenvalue weighted by Crippen LogP contribution is -2.10. The molecule has 2 heterocycles. The van der Waals surface area contributed by atoms with Gasteiger partial charge in [0.2, 0.25) is 5.95 Å². The fourth-order valence-electron chi connectivity index (χ4n) is 2.44. The molecule has 2 aromatic heterocycles. The third-order valence-corrected chi connectivity index (χ3v) is 3.49. The van der Waals surface area contributed by atoms with E-state index in [1.807, 2.05) is 38.1 Å². The summed E-state index contributed by atoms with van der Waals surface area (Å²) in [4.78, 5) is 11.6. The normalized spacial score (nSPS) is 11.4. The van der Waals surface area contributed by atoms with Gasteiger partial charge < -0.3 is 5.32 Å². The van der Waals surface area contributed by atoms with Gasteiger partial charge in [0.25, 0.3) is 0 Å². The minimum atomic E-state index is -4.51. The lowest BCUT2D eigenvalue weighted by molar-refractivity contribution is -0.141. The fraction of sp³-hybridized carbons (Fsp3) is 0.167. The lowest BCUT2D eigenvalue weighted by Gasteiger charge is -2.11. The van der Waals surface area contributed by atoms with E-state index in [0.29, 0.717) is 5.69 Å². The van der Waals surface area contributed by atoms with Crippen molar-refractivity contribution in [2.75, 3.05) is 5.32 Å². The first-order chi connectivity index (χ1) is 11.8. The fourth-order valence-corrected chi connectivity index (χ4v) is 2.44. The second-order valence-corrected chi connectivity index (χ2v) is 5.73. The van der Waals surface area contributed by atoms with Crippen LogP contribution in [-0.2, 0) is 6.18 Å². The third kappa shape index (κ3) is 4.12. The molecule has 0 spiro atoms. The predicted octanol–water partition coefficient (Wildman–Crippen LogP) is 4.92. The molecule has 0 aliphatic carbocycles. The molecule has 128 valence electrons. The summed E-state index contributed by atoms with van der Waals surface area (Å²) in [5, 5.41) is 2.84. The van der Waals surface area contributed by atoms with Crippen molar-refractivity contribution < 1.29 is 13.2 Å². The van der Waals surface area contributed by atoms with E-state index in [1.165, 1.54) is 0 Å². The standard InChI is InChI=1S/C18H15F3N4/c1-11-5-13(14-6-12(2)9-22-10-14)8-15(7-11)24-17-23-4-3-16(25-17)18(19,20)21/h3-10H,1-2H3,(H,23,24,25). The van der Waals surface area contributed by atoms with E-state index in [4.69, 9.17) is 0 Å². The highest BCUT2D eigenvalue weighted by atomic mass is 19.4. The van der Waals surface area contributed by atoms with Gasteiger partial charge in [-0.2, -0.15) is 13.2 Å². The Morgan fingerprint density at radius 1 is 0.920 bits per heavy atom. The molecule has 4 nitrogen and oxygen atoms in total. The minimum Gasteiger partial charge on any atom is -0.324 e. The number of nitrogens with zero attached hydrogens (tertiary/aromatic N) is 3. The van der Waals surface area contributed by atoms with Gasteiger partial charge in [0.05, 0.1) is 0 Å². The van der Waals surface area contributed by atoms with Crippen LogP contribution in [0.1, 0.15) is 16.8 Å². The van der Waals surface area contributed by atoms with E-state index >= 15 is 0 Å². The molecule has 0 atom stereocenters. The molecule has 0 radical (unpaired) electrons. The first kappa shape index (κ1) is 16.9. The third-order valence-electron chi connectivity index (χ3n) is 3.49. The van der Waals surface area contributed by atoms with E-state index in [1.54, 1.807) is 12.4 Å². The quantitative estimate of drug-likeness (QED) is 0.733. The highest BCUT2D eigenvalue weighted by Gasteiger charge is 2.32. The van der Waals surface area contributed by atoms with Crippen LogP contribution < -0.4 is 5.32 Å². The Balaban J connectivity index is 1.94. The van der Waals surface area contributed by atoms with Gasteiger partial charge in [-0.25, -0.2) is 9.97 Å². The molecule has 25 heavy (non-hydrogen) atoms. The Morgan fingerprint density at radius 3 is 2.40 bits per heavy atom. The zero-order chi connectivity index (χ0) is 18.0. The van der Waals surface area contributed by atoms with Crippen molar-refractivity contribution in [1.29, 1.82) is 0 Å². The molecule has 0 unspecified atom stereocenters. The van der Waals surface area contributed by atoms with E-state index in [0.717, 1.165) is 34.5 Å². The molecular formula is C18H15F3N4. The highest BCUT2D eigenvalue weighted by Crippen LogP contribution is 2.29. The van der Waals surface area contributed by atoms with Gasteiger partial charge in [0.1, 0.15) is 5.69 Å². The average Bonchev–Trinajstić information content (AvgIpc) is 2.54. The molecule has 7 heteroatoms. The van der Waals surface area contributed by atoms with Gasteiger partial charge in [-0.3, -0.25) is 4.98 Å². The summed E-state index contributed by atoms with van der Waals surface area (Å²) in [5.74, 6) is -0.103. The summed E-state index contributed by atoms with van der Waals surface area (Å²) in [6.07, 6.45) is 0.0744. The van der Waals surface area contributed by atoms with E-state index in [9.17, 15) is 13.2 Å². The summed E-state index contributed by atoms with van der Waals surface area (Å²) in [6.45, 7) is 3.85. The largest absolute Gasteiger partial charge is 0.433 e. The Hall–Kier alpha value is -2.96. The molecule has 0 saturated carbocycles. The van der Waals surface area contributed by atoms with Crippen molar-refractivity contribution in [2.45, 2.75) is 20.0 Å². The zero-order valence-corrected chi connectivity index (χ0v) is 13.6. The van der Waals surface area contributed by atoms with Crippen LogP contribution in [0.15, 0.2) is 48.9 Å². The lowest BCUT2D eigenvalue weighted by atomic mass is 10.0.